The van der Waals surface area contributed by atoms with Gasteiger partial charge in [-0.25, -0.2) is 4.98 Å². The highest BCUT2D eigenvalue weighted by atomic mass is 16.3. The van der Waals surface area contributed by atoms with Gasteiger partial charge < -0.3 is 8.83 Å². The normalized spacial score (nSPS) is 16.0. The van der Waals surface area contributed by atoms with Gasteiger partial charge in [0.2, 0.25) is 5.95 Å². The van der Waals surface area contributed by atoms with Gasteiger partial charge in [0.1, 0.15) is 22.3 Å². The van der Waals surface area contributed by atoms with Crippen LogP contribution in [-0.2, 0) is 0 Å². The molecule has 0 atom stereocenters. The first kappa shape index (κ1) is 17.1. The highest BCUT2D eigenvalue weighted by molar-refractivity contribution is 6.17. The molecule has 6 nitrogen and oxygen atoms in total. The second-order valence-electron chi connectivity index (χ2n) is 11.7. The average molecular weight is 670 g/mol. The van der Waals surface area contributed by atoms with E-state index >= 15 is 0 Å². The molecule has 0 aliphatic carbocycles. The number of aromatic nitrogens is 4. The van der Waals surface area contributed by atoms with Crippen LogP contribution in [0.2, 0.25) is 0 Å². The third kappa shape index (κ3) is 4.26. The minimum atomic E-state index is -0.691. The van der Waals surface area contributed by atoms with Crippen LogP contribution in [0.3, 0.4) is 0 Å². The molecule has 0 aliphatic heterocycles. The van der Waals surface area contributed by atoms with Gasteiger partial charge >= 0.3 is 0 Å². The Bertz CT molecular complexity index is 3990. The Balaban J connectivity index is 1.29. The van der Waals surface area contributed by atoms with Crippen LogP contribution in [0.25, 0.3) is 106 Å². The largest absolute Gasteiger partial charge is 0.456 e. The van der Waals surface area contributed by atoms with Crippen LogP contribution in [0.4, 0.5) is 0 Å². The van der Waals surface area contributed by atoms with Crippen molar-refractivity contribution in [2.75, 3.05) is 0 Å². The van der Waals surface area contributed by atoms with Crippen LogP contribution in [0.5, 0.6) is 0 Å². The molecule has 11 rings (SSSR count). The number of nitrogens with zero attached hydrogens (tertiary/aromatic N) is 4. The number of furan rings is 2. The van der Waals surface area contributed by atoms with Gasteiger partial charge in [0.25, 0.3) is 0 Å². The zero-order valence-electron chi connectivity index (χ0n) is 41.0. The molecule has 0 aliphatic rings. The minimum Gasteiger partial charge on any atom is -0.456 e. The van der Waals surface area contributed by atoms with Crippen molar-refractivity contribution in [1.82, 2.24) is 19.5 Å². The molecule has 4 aromatic heterocycles. The predicted octanol–water partition coefficient (Wildman–Crippen LogP) is 11.8. The number of fused-ring (bicyclic) bond motifs is 9. The fourth-order valence-electron chi connectivity index (χ4n) is 6.59. The third-order valence-electron chi connectivity index (χ3n) is 8.81. The van der Waals surface area contributed by atoms with Crippen molar-refractivity contribution in [1.29, 1.82) is 0 Å². The van der Waals surface area contributed by atoms with Crippen molar-refractivity contribution in [3.63, 3.8) is 0 Å². The van der Waals surface area contributed by atoms with Gasteiger partial charge in [-0.3, -0.25) is 4.57 Å². The summed E-state index contributed by atoms with van der Waals surface area (Å²) in [6.07, 6.45) is 0. The van der Waals surface area contributed by atoms with E-state index in [1.165, 1.54) is 0 Å². The minimum absolute atomic E-state index is 0.148. The highest BCUT2D eigenvalue weighted by Gasteiger charge is 2.21. The van der Waals surface area contributed by atoms with Crippen molar-refractivity contribution in [2.24, 2.45) is 0 Å². The van der Waals surface area contributed by atoms with Crippen LogP contribution in [-0.4, -0.2) is 19.5 Å². The molecule has 0 bridgehead atoms. The Hall–Kier alpha value is -7.05. The van der Waals surface area contributed by atoms with Crippen LogP contribution in [0, 0.1) is 0 Å². The molecule has 6 heteroatoms. The van der Waals surface area contributed by atoms with Crippen LogP contribution >= 0.6 is 0 Å². The van der Waals surface area contributed by atoms with E-state index in [4.69, 9.17) is 30.3 Å². The molecular weight excluding hydrogens is 629 g/mol. The third-order valence-corrected chi connectivity index (χ3v) is 8.81. The van der Waals surface area contributed by atoms with E-state index in [-0.39, 0.29) is 55.1 Å². The number of hydrogen-bond donors (Lipinski definition) is 0. The Morgan fingerprint density at radius 1 is 0.471 bits per heavy atom. The standard InChI is InChI=1S/C45H26N4O2/c1-3-12-27(13-4-1)30-18-11-21-39-42(30)33-23-22-29(24-40(33)51-39)44-46-43(28-14-5-2-6-15-28)47-45(48-44)49-36-19-9-7-16-31(36)34-26-41-35(25-37(34)49)32-17-8-10-20-38(32)50-41/h1-26H/i2D,5D,6D,7D,8D,9D,10D,14D,15D,16D,17D,19D,20D,25D,26D. The van der Waals surface area contributed by atoms with Crippen LogP contribution in [0.1, 0.15) is 20.6 Å². The molecule has 11 aromatic rings. The zero-order valence-corrected chi connectivity index (χ0v) is 26.0. The van der Waals surface area contributed by atoms with Gasteiger partial charge in [0, 0.05) is 43.4 Å². The smallest absolute Gasteiger partial charge is 0.238 e. The molecule has 0 unspecified atom stereocenters. The maximum Gasteiger partial charge on any atom is 0.238 e. The molecule has 0 N–H and O–H groups in total. The average Bonchev–Trinajstić information content (AvgIpc) is 4.03. The maximum absolute atomic E-state index is 9.75. The van der Waals surface area contributed by atoms with Gasteiger partial charge in [-0.1, -0.05) is 115 Å². The first-order valence-electron chi connectivity index (χ1n) is 23.2. The summed E-state index contributed by atoms with van der Waals surface area (Å²) in [6, 6.07) is 11.2. The fraction of sp³-hybridized carbons (Fsp3) is 0. The Labute approximate surface area is 311 Å². The molecule has 238 valence electrons. The number of benzene rings is 7. The van der Waals surface area contributed by atoms with Crippen molar-refractivity contribution < 1.29 is 29.4 Å². The summed E-state index contributed by atoms with van der Waals surface area (Å²) in [6.45, 7) is 0. The van der Waals surface area contributed by atoms with Crippen LogP contribution < -0.4 is 0 Å². The van der Waals surface area contributed by atoms with E-state index in [2.05, 4.69) is 9.97 Å². The van der Waals surface area contributed by atoms with Crippen molar-refractivity contribution in [3.05, 3.63) is 157 Å². The first-order chi connectivity index (χ1) is 31.5. The van der Waals surface area contributed by atoms with Gasteiger partial charge in [0.05, 0.1) is 31.6 Å². The quantitative estimate of drug-likeness (QED) is 0.186. The number of para-hydroxylation sites is 2. The first-order valence-corrected chi connectivity index (χ1v) is 15.7. The van der Waals surface area contributed by atoms with Crippen molar-refractivity contribution in [3.8, 4) is 39.9 Å². The second-order valence-corrected chi connectivity index (χ2v) is 11.7. The fourth-order valence-corrected chi connectivity index (χ4v) is 6.59. The van der Waals surface area contributed by atoms with Crippen molar-refractivity contribution in [2.45, 2.75) is 0 Å². The molecule has 0 saturated heterocycles. The lowest BCUT2D eigenvalue weighted by atomic mass is 9.99. The monoisotopic (exact) mass is 669 g/mol. The summed E-state index contributed by atoms with van der Waals surface area (Å²) < 4.78 is 145. The molecule has 7 aromatic carbocycles. The number of hydrogen-bond acceptors (Lipinski definition) is 5. The van der Waals surface area contributed by atoms with E-state index < -0.39 is 108 Å². The lowest BCUT2D eigenvalue weighted by Gasteiger charge is -2.11. The summed E-state index contributed by atoms with van der Waals surface area (Å²) in [5.41, 5.74) is 1.44. The van der Waals surface area contributed by atoms with E-state index in [1.54, 1.807) is 18.2 Å². The van der Waals surface area contributed by atoms with Gasteiger partial charge in [-0.15, -0.1) is 0 Å². The lowest BCUT2D eigenvalue weighted by molar-refractivity contribution is 0.669. The molecule has 0 saturated carbocycles. The molecule has 0 amide bonds. The van der Waals surface area contributed by atoms with Crippen molar-refractivity contribution >= 4 is 65.7 Å². The Morgan fingerprint density at radius 3 is 2.12 bits per heavy atom. The second kappa shape index (κ2) is 10.7. The molecular formula is C45H26N4O2. The molecule has 4 heterocycles. The van der Waals surface area contributed by atoms with Gasteiger partial charge in [0.15, 0.2) is 11.6 Å². The number of rotatable bonds is 4. The topological polar surface area (TPSA) is 69.9 Å². The Morgan fingerprint density at radius 2 is 1.24 bits per heavy atom. The van der Waals surface area contributed by atoms with Gasteiger partial charge in [-0.05, 0) is 53.5 Å². The van der Waals surface area contributed by atoms with E-state index in [0.717, 1.165) is 26.5 Å². The Kier molecular flexibility index (Phi) is 3.59. The van der Waals surface area contributed by atoms with E-state index in [1.807, 2.05) is 48.5 Å². The SMILES string of the molecule is [2H]c1c([2H])c([2H])c(-c2nc(-c3ccc4c(c3)oc3cccc(-c5ccccc5)c34)nc(-n3c4c([2H])c([2H])c([2H])c([2H])c4c4c([2H])c5oc6c([2H])c([2H])c([2H])c([2H])c6c5c([2H])c43)n2)c([2H])c1[2H]. The lowest BCUT2D eigenvalue weighted by Crippen LogP contribution is -2.06. The summed E-state index contributed by atoms with van der Waals surface area (Å²) in [5.74, 6) is -1.05. The van der Waals surface area contributed by atoms with Crippen LogP contribution in [0.15, 0.2) is 166 Å². The molecule has 0 radical (unpaired) electrons. The summed E-state index contributed by atoms with van der Waals surface area (Å²) in [4.78, 5) is 14.1. The summed E-state index contributed by atoms with van der Waals surface area (Å²) in [7, 11) is 0. The highest BCUT2D eigenvalue weighted by Crippen LogP contribution is 2.40. The summed E-state index contributed by atoms with van der Waals surface area (Å²) in [5, 5.41) is 0.645. The van der Waals surface area contributed by atoms with Gasteiger partial charge in [-0.2, -0.15) is 9.97 Å². The zero-order chi connectivity index (χ0) is 46.5. The van der Waals surface area contributed by atoms with E-state index in [9.17, 15) is 4.11 Å². The van der Waals surface area contributed by atoms with E-state index in [0.29, 0.717) is 11.2 Å². The molecule has 51 heavy (non-hydrogen) atoms. The molecule has 0 spiro atoms. The predicted molar refractivity (Wildman–Crippen MR) is 205 cm³/mol. The molecule has 0 fully saturated rings. The summed E-state index contributed by atoms with van der Waals surface area (Å²) >= 11 is 0. The maximum atomic E-state index is 9.75.